The average molecular weight is 230 g/mol. The second-order valence-electron chi connectivity index (χ2n) is 4.12. The zero-order valence-corrected chi connectivity index (χ0v) is 10.6. The highest BCUT2D eigenvalue weighted by Gasteiger charge is 2.15. The molecular formula is C11H22N2OS. The van der Waals surface area contributed by atoms with E-state index in [2.05, 4.69) is 18.5 Å². The van der Waals surface area contributed by atoms with Crippen molar-refractivity contribution in [3.8, 4) is 0 Å². The summed E-state index contributed by atoms with van der Waals surface area (Å²) in [5, 5.41) is 3.80. The van der Waals surface area contributed by atoms with Crippen LogP contribution in [-0.4, -0.2) is 48.5 Å². The van der Waals surface area contributed by atoms with Crippen molar-refractivity contribution < 1.29 is 4.79 Å². The molecule has 1 N–H and O–H groups in total. The molecule has 1 atom stereocenters. The van der Waals surface area contributed by atoms with Crippen molar-refractivity contribution in [1.29, 1.82) is 0 Å². The standard InChI is InChI=1S/C11H22N2OS/c1-10(15-2)8-12-9-11(14)13-6-4-3-5-7-13/h10,12H,3-9H2,1-2H3. The normalized spacial score (nSPS) is 18.9. The smallest absolute Gasteiger partial charge is 0.236 e. The van der Waals surface area contributed by atoms with E-state index in [0.29, 0.717) is 11.8 Å². The van der Waals surface area contributed by atoms with E-state index in [4.69, 9.17) is 0 Å². The highest BCUT2D eigenvalue weighted by atomic mass is 32.2. The minimum Gasteiger partial charge on any atom is -0.342 e. The number of amides is 1. The Morgan fingerprint density at radius 3 is 2.67 bits per heavy atom. The Morgan fingerprint density at radius 2 is 2.07 bits per heavy atom. The molecule has 0 saturated carbocycles. The van der Waals surface area contributed by atoms with Crippen LogP contribution in [0.2, 0.25) is 0 Å². The second kappa shape index (κ2) is 7.12. The van der Waals surface area contributed by atoms with E-state index in [-0.39, 0.29) is 5.91 Å². The van der Waals surface area contributed by atoms with E-state index < -0.39 is 0 Å². The topological polar surface area (TPSA) is 32.3 Å². The summed E-state index contributed by atoms with van der Waals surface area (Å²) in [6.07, 6.45) is 5.72. The Labute approximate surface area is 97.0 Å². The molecule has 1 aliphatic heterocycles. The van der Waals surface area contributed by atoms with Gasteiger partial charge >= 0.3 is 0 Å². The fraction of sp³-hybridized carbons (Fsp3) is 0.909. The monoisotopic (exact) mass is 230 g/mol. The number of thioether (sulfide) groups is 1. The predicted octanol–water partition coefficient (Wildman–Crippen LogP) is 1.34. The van der Waals surface area contributed by atoms with Gasteiger partial charge in [0.05, 0.1) is 6.54 Å². The van der Waals surface area contributed by atoms with Crippen LogP contribution in [0.4, 0.5) is 0 Å². The van der Waals surface area contributed by atoms with E-state index in [1.54, 1.807) is 0 Å². The van der Waals surface area contributed by atoms with Gasteiger partial charge in [-0.2, -0.15) is 11.8 Å². The number of hydrogen-bond donors (Lipinski definition) is 1. The summed E-state index contributed by atoms with van der Waals surface area (Å²) < 4.78 is 0. The summed E-state index contributed by atoms with van der Waals surface area (Å²) in [6, 6.07) is 0. The maximum absolute atomic E-state index is 11.7. The SMILES string of the molecule is CSC(C)CNCC(=O)N1CCCCC1. The van der Waals surface area contributed by atoms with Gasteiger partial charge in [0.2, 0.25) is 5.91 Å². The number of nitrogens with one attached hydrogen (secondary N) is 1. The summed E-state index contributed by atoms with van der Waals surface area (Å²) in [5.41, 5.74) is 0. The maximum Gasteiger partial charge on any atom is 0.236 e. The first-order valence-corrected chi connectivity index (χ1v) is 7.04. The molecule has 0 aliphatic carbocycles. The second-order valence-corrected chi connectivity index (χ2v) is 5.39. The minimum atomic E-state index is 0.267. The summed E-state index contributed by atoms with van der Waals surface area (Å²) in [5.74, 6) is 0.267. The van der Waals surface area contributed by atoms with Crippen LogP contribution in [0, 0.1) is 0 Å². The number of piperidine rings is 1. The molecule has 15 heavy (non-hydrogen) atoms. The van der Waals surface area contributed by atoms with E-state index in [1.807, 2.05) is 16.7 Å². The summed E-state index contributed by atoms with van der Waals surface area (Å²) >= 11 is 1.82. The molecule has 3 nitrogen and oxygen atoms in total. The Balaban J connectivity index is 2.12. The number of hydrogen-bond acceptors (Lipinski definition) is 3. The van der Waals surface area contributed by atoms with Gasteiger partial charge in [-0.25, -0.2) is 0 Å². The Hall–Kier alpha value is -0.220. The Morgan fingerprint density at radius 1 is 1.40 bits per heavy atom. The minimum absolute atomic E-state index is 0.267. The molecular weight excluding hydrogens is 208 g/mol. The van der Waals surface area contributed by atoms with Gasteiger partial charge in [0.25, 0.3) is 0 Å². The molecule has 0 aromatic rings. The summed E-state index contributed by atoms with van der Waals surface area (Å²) in [6.45, 7) is 5.51. The van der Waals surface area contributed by atoms with E-state index in [0.717, 1.165) is 19.6 Å². The zero-order chi connectivity index (χ0) is 11.1. The molecule has 0 aromatic heterocycles. The summed E-state index contributed by atoms with van der Waals surface area (Å²) in [4.78, 5) is 13.7. The molecule has 4 heteroatoms. The molecule has 88 valence electrons. The van der Waals surface area contributed by atoms with Gasteiger partial charge in [0.15, 0.2) is 0 Å². The van der Waals surface area contributed by atoms with Crippen LogP contribution in [0.25, 0.3) is 0 Å². The van der Waals surface area contributed by atoms with E-state index in [9.17, 15) is 4.79 Å². The number of rotatable bonds is 5. The maximum atomic E-state index is 11.7. The van der Waals surface area contributed by atoms with Crippen LogP contribution in [0.1, 0.15) is 26.2 Å². The lowest BCUT2D eigenvalue weighted by molar-refractivity contribution is -0.131. The molecule has 1 rings (SSSR count). The van der Waals surface area contributed by atoms with Crippen molar-refractivity contribution in [2.45, 2.75) is 31.4 Å². The Kier molecular flexibility index (Phi) is 6.10. The van der Waals surface area contributed by atoms with E-state index >= 15 is 0 Å². The van der Waals surface area contributed by atoms with Crippen LogP contribution in [0.5, 0.6) is 0 Å². The van der Waals surface area contributed by atoms with Gasteiger partial charge in [-0.05, 0) is 25.5 Å². The van der Waals surface area contributed by atoms with Crippen molar-refractivity contribution in [3.05, 3.63) is 0 Å². The largest absolute Gasteiger partial charge is 0.342 e. The Bertz CT molecular complexity index is 193. The number of carbonyl (C=O) groups is 1. The molecule has 1 amide bonds. The van der Waals surface area contributed by atoms with Gasteiger partial charge in [-0.3, -0.25) is 4.79 Å². The molecule has 1 fully saturated rings. The zero-order valence-electron chi connectivity index (χ0n) is 9.79. The van der Waals surface area contributed by atoms with Gasteiger partial charge < -0.3 is 10.2 Å². The molecule has 1 unspecified atom stereocenters. The third kappa shape index (κ3) is 4.89. The number of nitrogens with zero attached hydrogens (tertiary/aromatic N) is 1. The average Bonchev–Trinajstić information content (AvgIpc) is 2.29. The molecule has 1 heterocycles. The highest BCUT2D eigenvalue weighted by Crippen LogP contribution is 2.08. The first-order valence-electron chi connectivity index (χ1n) is 5.75. The van der Waals surface area contributed by atoms with Crippen LogP contribution in [-0.2, 0) is 4.79 Å². The van der Waals surface area contributed by atoms with Gasteiger partial charge in [0.1, 0.15) is 0 Å². The fourth-order valence-corrected chi connectivity index (χ4v) is 2.01. The number of carbonyl (C=O) groups excluding carboxylic acids is 1. The molecule has 0 radical (unpaired) electrons. The van der Waals surface area contributed by atoms with Crippen LogP contribution >= 0.6 is 11.8 Å². The predicted molar refractivity (Wildman–Crippen MR) is 66.3 cm³/mol. The van der Waals surface area contributed by atoms with Gasteiger partial charge in [0, 0.05) is 24.9 Å². The van der Waals surface area contributed by atoms with Gasteiger partial charge in [-0.15, -0.1) is 0 Å². The van der Waals surface area contributed by atoms with Crippen molar-refractivity contribution in [2.75, 3.05) is 32.4 Å². The molecule has 0 aromatic carbocycles. The highest BCUT2D eigenvalue weighted by molar-refractivity contribution is 7.99. The lowest BCUT2D eigenvalue weighted by atomic mass is 10.1. The lowest BCUT2D eigenvalue weighted by Crippen LogP contribution is -2.42. The first-order chi connectivity index (χ1) is 7.24. The van der Waals surface area contributed by atoms with Crippen molar-refractivity contribution in [3.63, 3.8) is 0 Å². The van der Waals surface area contributed by atoms with Crippen molar-refractivity contribution in [2.24, 2.45) is 0 Å². The quantitative estimate of drug-likeness (QED) is 0.773. The van der Waals surface area contributed by atoms with Gasteiger partial charge in [-0.1, -0.05) is 6.92 Å². The molecule has 0 spiro atoms. The first kappa shape index (κ1) is 12.8. The molecule has 1 aliphatic rings. The van der Waals surface area contributed by atoms with Crippen molar-refractivity contribution in [1.82, 2.24) is 10.2 Å². The third-order valence-electron chi connectivity index (χ3n) is 2.82. The van der Waals surface area contributed by atoms with E-state index in [1.165, 1.54) is 19.3 Å². The van der Waals surface area contributed by atoms with Crippen LogP contribution < -0.4 is 5.32 Å². The van der Waals surface area contributed by atoms with Crippen LogP contribution in [0.3, 0.4) is 0 Å². The van der Waals surface area contributed by atoms with Crippen LogP contribution in [0.15, 0.2) is 0 Å². The fourth-order valence-electron chi connectivity index (χ4n) is 1.72. The lowest BCUT2D eigenvalue weighted by Gasteiger charge is -2.27. The molecule has 1 saturated heterocycles. The number of likely N-dealkylation sites (tertiary alicyclic amines) is 1. The van der Waals surface area contributed by atoms with Crippen molar-refractivity contribution >= 4 is 17.7 Å². The third-order valence-corrected chi connectivity index (χ3v) is 3.79. The summed E-state index contributed by atoms with van der Waals surface area (Å²) in [7, 11) is 0. The molecule has 0 bridgehead atoms.